The van der Waals surface area contributed by atoms with Crippen molar-refractivity contribution in [1.82, 2.24) is 9.38 Å². The molecule has 3 aromatic rings. The van der Waals surface area contributed by atoms with E-state index in [4.69, 9.17) is 4.74 Å². The van der Waals surface area contributed by atoms with E-state index < -0.39 is 0 Å². The maximum absolute atomic E-state index is 5.27. The third kappa shape index (κ3) is 2.65. The smallest absolute Gasteiger partial charge is 0.194 e. The Morgan fingerprint density at radius 2 is 2.19 bits per heavy atom. The molecule has 21 heavy (non-hydrogen) atoms. The average Bonchev–Trinajstić information content (AvgIpc) is 2.98. The third-order valence-electron chi connectivity index (χ3n) is 3.45. The molecule has 0 bridgehead atoms. The summed E-state index contributed by atoms with van der Waals surface area (Å²) in [7, 11) is 1.67. The van der Waals surface area contributed by atoms with Crippen LogP contribution in [0.2, 0.25) is 0 Å². The van der Waals surface area contributed by atoms with Crippen molar-refractivity contribution in [3.8, 4) is 5.75 Å². The van der Waals surface area contributed by atoms with Crippen LogP contribution in [0.1, 0.15) is 17.1 Å². The highest BCUT2D eigenvalue weighted by Crippen LogP contribution is 2.28. The SMILES string of the molecule is COc1ccc(Br)c(NCc2c(C)nc3scc(C)n23)c1. The summed E-state index contributed by atoms with van der Waals surface area (Å²) in [6, 6.07) is 5.90. The van der Waals surface area contributed by atoms with E-state index in [9.17, 15) is 0 Å². The lowest BCUT2D eigenvalue weighted by Gasteiger charge is -2.11. The second kappa shape index (κ2) is 5.69. The van der Waals surface area contributed by atoms with Gasteiger partial charge in [-0.3, -0.25) is 4.40 Å². The number of nitrogens with zero attached hydrogens (tertiary/aromatic N) is 2. The Morgan fingerprint density at radius 1 is 1.38 bits per heavy atom. The van der Waals surface area contributed by atoms with Crippen LogP contribution in [0.4, 0.5) is 5.69 Å². The summed E-state index contributed by atoms with van der Waals surface area (Å²) in [4.78, 5) is 5.66. The first kappa shape index (κ1) is 14.4. The van der Waals surface area contributed by atoms with Crippen LogP contribution in [0, 0.1) is 13.8 Å². The Hall–Kier alpha value is -1.53. The zero-order chi connectivity index (χ0) is 15.0. The van der Waals surface area contributed by atoms with Gasteiger partial charge in [0.15, 0.2) is 4.96 Å². The summed E-state index contributed by atoms with van der Waals surface area (Å²) < 4.78 is 8.50. The van der Waals surface area contributed by atoms with E-state index in [1.807, 2.05) is 18.2 Å². The van der Waals surface area contributed by atoms with Gasteiger partial charge in [0.2, 0.25) is 0 Å². The quantitative estimate of drug-likeness (QED) is 0.744. The van der Waals surface area contributed by atoms with E-state index >= 15 is 0 Å². The van der Waals surface area contributed by atoms with Gasteiger partial charge in [0.1, 0.15) is 5.75 Å². The molecule has 3 rings (SSSR count). The Kier molecular flexibility index (Phi) is 3.91. The zero-order valence-corrected chi connectivity index (χ0v) is 14.5. The van der Waals surface area contributed by atoms with Crippen LogP contribution in [0.15, 0.2) is 28.1 Å². The average molecular weight is 366 g/mol. The molecule has 0 saturated carbocycles. The molecule has 0 fully saturated rings. The van der Waals surface area contributed by atoms with Crippen LogP contribution in [-0.4, -0.2) is 16.5 Å². The highest BCUT2D eigenvalue weighted by atomic mass is 79.9. The highest BCUT2D eigenvalue weighted by Gasteiger charge is 2.12. The van der Waals surface area contributed by atoms with Crippen molar-refractivity contribution in [2.45, 2.75) is 20.4 Å². The summed E-state index contributed by atoms with van der Waals surface area (Å²) in [6.07, 6.45) is 0. The first-order valence-electron chi connectivity index (χ1n) is 6.59. The topological polar surface area (TPSA) is 38.6 Å². The molecular formula is C15H16BrN3OS. The number of hydrogen-bond acceptors (Lipinski definition) is 4. The fourth-order valence-electron chi connectivity index (χ4n) is 2.32. The number of hydrogen-bond donors (Lipinski definition) is 1. The number of ether oxygens (including phenoxy) is 1. The van der Waals surface area contributed by atoms with Crippen LogP contribution in [-0.2, 0) is 6.54 Å². The lowest BCUT2D eigenvalue weighted by Crippen LogP contribution is -2.05. The minimum Gasteiger partial charge on any atom is -0.497 e. The van der Waals surface area contributed by atoms with Gasteiger partial charge in [-0.2, -0.15) is 0 Å². The second-order valence-corrected chi connectivity index (χ2v) is 6.53. The molecule has 0 unspecified atom stereocenters. The van der Waals surface area contributed by atoms with Crippen LogP contribution >= 0.6 is 27.3 Å². The van der Waals surface area contributed by atoms with Crippen LogP contribution in [0.5, 0.6) is 5.75 Å². The molecule has 4 nitrogen and oxygen atoms in total. The van der Waals surface area contributed by atoms with Crippen molar-refractivity contribution >= 4 is 37.9 Å². The summed E-state index contributed by atoms with van der Waals surface area (Å²) in [5.41, 5.74) is 4.49. The summed E-state index contributed by atoms with van der Waals surface area (Å²) in [5.74, 6) is 0.836. The lowest BCUT2D eigenvalue weighted by molar-refractivity contribution is 0.415. The number of imidazole rings is 1. The maximum Gasteiger partial charge on any atom is 0.194 e. The van der Waals surface area contributed by atoms with E-state index in [1.54, 1.807) is 18.4 Å². The van der Waals surface area contributed by atoms with Gasteiger partial charge in [-0.25, -0.2) is 4.98 Å². The van der Waals surface area contributed by atoms with Crippen molar-refractivity contribution < 1.29 is 4.74 Å². The number of methoxy groups -OCH3 is 1. The van der Waals surface area contributed by atoms with Crippen molar-refractivity contribution in [2.24, 2.45) is 0 Å². The molecule has 1 aromatic carbocycles. The van der Waals surface area contributed by atoms with Crippen molar-refractivity contribution in [3.05, 3.63) is 45.1 Å². The monoisotopic (exact) mass is 365 g/mol. The number of benzene rings is 1. The Morgan fingerprint density at radius 3 is 2.95 bits per heavy atom. The molecule has 0 saturated heterocycles. The normalized spacial score (nSPS) is 11.0. The number of nitrogens with one attached hydrogen (secondary N) is 1. The summed E-state index contributed by atoms with van der Waals surface area (Å²) in [5, 5.41) is 5.59. The van der Waals surface area contributed by atoms with E-state index in [0.29, 0.717) is 0 Å². The number of halogens is 1. The Labute approximate surface area is 135 Å². The first-order valence-corrected chi connectivity index (χ1v) is 8.27. The molecule has 2 heterocycles. The molecule has 1 N–H and O–H groups in total. The van der Waals surface area contributed by atoms with Crippen LogP contribution in [0.3, 0.4) is 0 Å². The highest BCUT2D eigenvalue weighted by molar-refractivity contribution is 9.10. The summed E-state index contributed by atoms with van der Waals surface area (Å²) in [6.45, 7) is 4.88. The van der Waals surface area contributed by atoms with Gasteiger partial charge in [-0.15, -0.1) is 11.3 Å². The molecule has 110 valence electrons. The van der Waals surface area contributed by atoms with E-state index in [-0.39, 0.29) is 0 Å². The number of aromatic nitrogens is 2. The minimum atomic E-state index is 0.719. The molecule has 0 aliphatic heterocycles. The largest absolute Gasteiger partial charge is 0.497 e. The molecular weight excluding hydrogens is 350 g/mol. The van der Waals surface area contributed by atoms with Gasteiger partial charge in [-0.1, -0.05) is 0 Å². The fourth-order valence-corrected chi connectivity index (χ4v) is 3.64. The molecule has 2 aromatic heterocycles. The number of rotatable bonds is 4. The lowest BCUT2D eigenvalue weighted by atomic mass is 10.2. The number of fused-ring (bicyclic) bond motifs is 1. The molecule has 0 amide bonds. The zero-order valence-electron chi connectivity index (χ0n) is 12.1. The number of anilines is 1. The second-order valence-electron chi connectivity index (χ2n) is 4.84. The van der Waals surface area contributed by atoms with Crippen molar-refractivity contribution in [3.63, 3.8) is 0 Å². The van der Waals surface area contributed by atoms with Gasteiger partial charge in [-0.05, 0) is 41.9 Å². The number of aryl methyl sites for hydroxylation is 2. The number of thiazole rings is 1. The standard InChI is InChI=1S/C15H16BrN3OS/c1-9-8-21-15-18-10(2)14(19(9)15)7-17-13-6-11(20-3)4-5-12(13)16/h4-6,8,17H,7H2,1-3H3. The molecule has 0 radical (unpaired) electrons. The van der Waals surface area contributed by atoms with Crippen molar-refractivity contribution in [2.75, 3.05) is 12.4 Å². The minimum absolute atomic E-state index is 0.719. The van der Waals surface area contributed by atoms with E-state index in [0.717, 1.165) is 33.1 Å². The molecule has 0 spiro atoms. The Bertz CT molecular complexity index is 794. The fraction of sp³-hybridized carbons (Fsp3) is 0.267. The van der Waals surface area contributed by atoms with Gasteiger partial charge in [0.05, 0.1) is 30.7 Å². The van der Waals surface area contributed by atoms with Crippen LogP contribution < -0.4 is 10.1 Å². The third-order valence-corrected chi connectivity index (χ3v) is 5.08. The maximum atomic E-state index is 5.27. The predicted molar refractivity (Wildman–Crippen MR) is 90.6 cm³/mol. The first-order chi connectivity index (χ1) is 10.1. The van der Waals surface area contributed by atoms with Gasteiger partial charge in [0.25, 0.3) is 0 Å². The van der Waals surface area contributed by atoms with Gasteiger partial charge >= 0.3 is 0 Å². The van der Waals surface area contributed by atoms with Gasteiger partial charge < -0.3 is 10.1 Å². The predicted octanol–water partition coefficient (Wildman–Crippen LogP) is 4.40. The molecule has 0 aliphatic rings. The molecule has 0 atom stereocenters. The van der Waals surface area contributed by atoms with E-state index in [1.165, 1.54) is 11.4 Å². The summed E-state index contributed by atoms with van der Waals surface area (Å²) >= 11 is 5.24. The van der Waals surface area contributed by atoms with Gasteiger partial charge in [0, 0.05) is 21.6 Å². The molecule has 0 aliphatic carbocycles. The molecule has 6 heteroatoms. The van der Waals surface area contributed by atoms with E-state index in [2.05, 4.69) is 49.9 Å². The van der Waals surface area contributed by atoms with Crippen molar-refractivity contribution in [1.29, 1.82) is 0 Å². The Balaban J connectivity index is 1.90. The van der Waals surface area contributed by atoms with Crippen LogP contribution in [0.25, 0.3) is 4.96 Å².